The molecule has 3 atom stereocenters. The van der Waals surface area contributed by atoms with Gasteiger partial charge in [-0.15, -0.1) is 5.10 Å². The normalized spacial score (nSPS) is 22.5. The highest BCUT2D eigenvalue weighted by molar-refractivity contribution is 5.90. The van der Waals surface area contributed by atoms with Crippen molar-refractivity contribution < 1.29 is 13.9 Å². The fourth-order valence-electron chi connectivity index (χ4n) is 5.48. The minimum absolute atomic E-state index is 0.0580. The molecule has 196 valence electrons. The molecule has 1 aromatic heterocycles. The van der Waals surface area contributed by atoms with E-state index in [2.05, 4.69) is 31.1 Å². The fraction of sp³-hybridized carbons (Fsp3) is 0.481. The monoisotopic (exact) mass is 507 g/mol. The average Bonchev–Trinajstić information content (AvgIpc) is 3.33. The zero-order valence-corrected chi connectivity index (χ0v) is 21.1. The van der Waals surface area contributed by atoms with E-state index in [0.717, 1.165) is 44.5 Å². The predicted molar refractivity (Wildman–Crippen MR) is 138 cm³/mol. The van der Waals surface area contributed by atoms with Gasteiger partial charge in [0.15, 0.2) is 5.82 Å². The van der Waals surface area contributed by atoms with Crippen LogP contribution in [0.25, 0.3) is 11.4 Å². The van der Waals surface area contributed by atoms with Gasteiger partial charge in [-0.25, -0.2) is 13.9 Å². The summed E-state index contributed by atoms with van der Waals surface area (Å²) >= 11 is 0. The molecule has 2 amide bonds. The lowest BCUT2D eigenvalue weighted by molar-refractivity contribution is 0.0215. The number of tetrazole rings is 1. The number of urea groups is 1. The van der Waals surface area contributed by atoms with Crippen molar-refractivity contribution in [2.24, 2.45) is 18.9 Å². The van der Waals surface area contributed by atoms with Gasteiger partial charge in [0.25, 0.3) is 0 Å². The van der Waals surface area contributed by atoms with Gasteiger partial charge < -0.3 is 20.3 Å². The molecule has 2 aromatic carbocycles. The summed E-state index contributed by atoms with van der Waals surface area (Å²) < 4.78 is 20.6. The smallest absolute Gasteiger partial charge is 0.319 e. The number of anilines is 1. The van der Waals surface area contributed by atoms with Crippen LogP contribution in [0, 0.1) is 17.7 Å². The molecule has 3 unspecified atom stereocenters. The van der Waals surface area contributed by atoms with E-state index < -0.39 is 0 Å². The zero-order chi connectivity index (χ0) is 25.6. The third-order valence-electron chi connectivity index (χ3n) is 7.35. The fourth-order valence-corrected chi connectivity index (χ4v) is 5.48. The van der Waals surface area contributed by atoms with Crippen molar-refractivity contribution in [2.45, 2.75) is 31.7 Å². The molecule has 2 N–H and O–H groups in total. The Bertz CT molecular complexity index is 1190. The molecular formula is C27H34FN7O2. The number of hydrogen-bond donors (Lipinski definition) is 2. The van der Waals surface area contributed by atoms with Gasteiger partial charge in [0.05, 0.1) is 12.6 Å². The second-order valence-corrected chi connectivity index (χ2v) is 10.1. The summed E-state index contributed by atoms with van der Waals surface area (Å²) in [6, 6.07) is 14.0. The van der Waals surface area contributed by atoms with Crippen molar-refractivity contribution in [3.8, 4) is 11.4 Å². The van der Waals surface area contributed by atoms with Crippen molar-refractivity contribution in [2.75, 3.05) is 38.2 Å². The number of carbonyl (C=O) groups is 1. The van der Waals surface area contributed by atoms with Gasteiger partial charge in [0.1, 0.15) is 5.82 Å². The highest BCUT2D eigenvalue weighted by Crippen LogP contribution is 2.25. The van der Waals surface area contributed by atoms with Crippen LogP contribution in [0.1, 0.15) is 24.8 Å². The van der Waals surface area contributed by atoms with Gasteiger partial charge in [-0.2, -0.15) is 0 Å². The first kappa shape index (κ1) is 25.3. The maximum absolute atomic E-state index is 13.3. The summed E-state index contributed by atoms with van der Waals surface area (Å²) in [5.74, 6) is 1.32. The van der Waals surface area contributed by atoms with Crippen molar-refractivity contribution in [3.63, 3.8) is 0 Å². The average molecular weight is 508 g/mol. The van der Waals surface area contributed by atoms with E-state index in [1.165, 1.54) is 12.0 Å². The van der Waals surface area contributed by atoms with E-state index in [1.54, 1.807) is 23.9 Å². The summed E-state index contributed by atoms with van der Waals surface area (Å²) in [6.07, 6.45) is 4.23. The molecule has 2 fully saturated rings. The van der Waals surface area contributed by atoms with E-state index >= 15 is 0 Å². The Kier molecular flexibility index (Phi) is 8.05. The lowest BCUT2D eigenvalue weighted by Crippen LogP contribution is -2.52. The van der Waals surface area contributed by atoms with Gasteiger partial charge in [-0.1, -0.05) is 24.3 Å². The summed E-state index contributed by atoms with van der Waals surface area (Å²) in [7, 11) is 1.78. The number of rotatable bonds is 7. The van der Waals surface area contributed by atoms with Gasteiger partial charge in [-0.3, -0.25) is 0 Å². The van der Waals surface area contributed by atoms with Gasteiger partial charge in [-0.05, 0) is 84.3 Å². The Labute approximate surface area is 216 Å². The number of hydrogen-bond acceptors (Lipinski definition) is 6. The Morgan fingerprint density at radius 2 is 2.05 bits per heavy atom. The zero-order valence-electron chi connectivity index (χ0n) is 21.1. The number of ether oxygens (including phenoxy) is 1. The van der Waals surface area contributed by atoms with Gasteiger partial charge >= 0.3 is 6.03 Å². The lowest BCUT2D eigenvalue weighted by Gasteiger charge is -2.39. The Morgan fingerprint density at radius 1 is 1.19 bits per heavy atom. The van der Waals surface area contributed by atoms with E-state index in [9.17, 15) is 9.18 Å². The summed E-state index contributed by atoms with van der Waals surface area (Å²) in [5, 5.41) is 17.7. The first-order chi connectivity index (χ1) is 18.0. The molecule has 0 radical (unpaired) electrons. The number of likely N-dealkylation sites (tertiary alicyclic amines) is 1. The Hall–Kier alpha value is -3.37. The van der Waals surface area contributed by atoms with Crippen LogP contribution in [0.4, 0.5) is 14.9 Å². The summed E-state index contributed by atoms with van der Waals surface area (Å²) in [5.41, 5.74) is 2.69. The van der Waals surface area contributed by atoms with Crippen LogP contribution in [0.5, 0.6) is 0 Å². The van der Waals surface area contributed by atoms with Crippen molar-refractivity contribution in [1.82, 2.24) is 30.4 Å². The van der Waals surface area contributed by atoms with E-state index in [4.69, 9.17) is 4.74 Å². The number of aryl methyl sites for hydroxylation is 1. The Balaban J connectivity index is 1.16. The van der Waals surface area contributed by atoms with Crippen molar-refractivity contribution >= 4 is 11.7 Å². The molecule has 0 saturated carbocycles. The summed E-state index contributed by atoms with van der Waals surface area (Å²) in [4.78, 5) is 15.4. The number of halogens is 1. The third-order valence-corrected chi connectivity index (χ3v) is 7.35. The minimum Gasteiger partial charge on any atom is -0.379 e. The number of nitrogens with one attached hydrogen (secondary N) is 2. The number of amides is 2. The van der Waals surface area contributed by atoms with E-state index in [-0.39, 0.29) is 17.9 Å². The molecule has 9 nitrogen and oxygen atoms in total. The van der Waals surface area contributed by atoms with Crippen LogP contribution >= 0.6 is 0 Å². The molecule has 37 heavy (non-hydrogen) atoms. The minimum atomic E-state index is -0.249. The first-order valence-corrected chi connectivity index (χ1v) is 13.0. The molecule has 0 spiro atoms. The molecule has 2 saturated heterocycles. The van der Waals surface area contributed by atoms with Crippen LogP contribution in [0.15, 0.2) is 48.5 Å². The molecule has 0 aliphatic carbocycles. The number of aromatic nitrogens is 4. The highest BCUT2D eigenvalue weighted by atomic mass is 19.1. The van der Waals surface area contributed by atoms with Crippen LogP contribution in [-0.4, -0.2) is 70.0 Å². The van der Waals surface area contributed by atoms with Gasteiger partial charge in [0.2, 0.25) is 0 Å². The van der Waals surface area contributed by atoms with Gasteiger partial charge in [0, 0.05) is 38.0 Å². The van der Waals surface area contributed by atoms with Crippen LogP contribution in [0.3, 0.4) is 0 Å². The quantitative estimate of drug-likeness (QED) is 0.508. The first-order valence-electron chi connectivity index (χ1n) is 13.0. The van der Waals surface area contributed by atoms with E-state index in [0.29, 0.717) is 36.6 Å². The van der Waals surface area contributed by atoms with Crippen molar-refractivity contribution in [1.29, 1.82) is 0 Å². The largest absolute Gasteiger partial charge is 0.379 e. The highest BCUT2D eigenvalue weighted by Gasteiger charge is 2.30. The number of carbonyl (C=O) groups excluding carboxylic acids is 1. The number of benzene rings is 2. The molecule has 3 aromatic rings. The third kappa shape index (κ3) is 6.69. The maximum Gasteiger partial charge on any atom is 0.319 e. The molecule has 3 heterocycles. The molecule has 5 rings (SSSR count). The van der Waals surface area contributed by atoms with E-state index in [1.807, 2.05) is 36.4 Å². The summed E-state index contributed by atoms with van der Waals surface area (Å²) in [6.45, 7) is 4.25. The maximum atomic E-state index is 13.3. The second-order valence-electron chi connectivity index (χ2n) is 10.1. The molecule has 2 aliphatic heterocycles. The number of piperidine rings is 1. The van der Waals surface area contributed by atoms with Crippen LogP contribution in [-0.2, 0) is 18.2 Å². The van der Waals surface area contributed by atoms with Crippen LogP contribution in [0.2, 0.25) is 0 Å². The van der Waals surface area contributed by atoms with Crippen LogP contribution < -0.4 is 10.6 Å². The SMILES string of the molecule is Cn1nnnc1-c1cccc(NC(=O)NC2COCCC2CN2CCCC(Cc3ccc(F)cc3)C2)c1. The molecular weight excluding hydrogens is 473 g/mol. The van der Waals surface area contributed by atoms with Crippen molar-refractivity contribution in [3.05, 3.63) is 59.9 Å². The predicted octanol–water partition coefficient (Wildman–Crippen LogP) is 3.50. The molecule has 10 heteroatoms. The molecule has 2 aliphatic rings. The standard InChI is InChI=1S/C27H34FN7O2/c1-34-26(31-32-33-34)21-5-2-6-24(15-21)29-27(36)30-25-18-37-13-11-22(25)17-35-12-3-4-20(16-35)14-19-7-9-23(28)10-8-19/h2,5-10,15,20,22,25H,3-4,11-14,16-18H2,1H3,(H2,29,30,36). The Morgan fingerprint density at radius 3 is 2.86 bits per heavy atom. The second kappa shape index (κ2) is 11.8. The number of nitrogens with zero attached hydrogens (tertiary/aromatic N) is 5. The lowest BCUT2D eigenvalue weighted by atomic mass is 9.89. The molecule has 0 bridgehead atoms. The topological polar surface area (TPSA) is 97.2 Å².